The van der Waals surface area contributed by atoms with Crippen LogP contribution in [0.3, 0.4) is 0 Å². The third-order valence-electron chi connectivity index (χ3n) is 7.36. The molecule has 2 bridgehead atoms. The van der Waals surface area contributed by atoms with Crippen molar-refractivity contribution in [2.45, 2.75) is 31.2 Å². The monoisotopic (exact) mass is 480 g/mol. The highest BCUT2D eigenvalue weighted by Gasteiger charge is 2.68. The molecule has 2 fully saturated rings. The van der Waals surface area contributed by atoms with Crippen LogP contribution in [-0.2, 0) is 14.9 Å². The zero-order valence-corrected chi connectivity index (χ0v) is 18.2. The van der Waals surface area contributed by atoms with Gasteiger partial charge in [-0.1, -0.05) is 18.2 Å². The molecule has 3 aliphatic heterocycles. The van der Waals surface area contributed by atoms with Crippen molar-refractivity contribution >= 4 is 35.6 Å². The molecule has 27 heavy (non-hydrogen) atoms. The van der Waals surface area contributed by atoms with E-state index in [1.807, 2.05) is 6.07 Å². The first-order valence-electron chi connectivity index (χ1n) is 9.35. The Labute approximate surface area is 176 Å². The summed E-state index contributed by atoms with van der Waals surface area (Å²) < 4.78 is 6.19. The molecule has 4 aliphatic rings. The van der Waals surface area contributed by atoms with Crippen LogP contribution >= 0.6 is 24.0 Å². The first kappa shape index (κ1) is 18.8. The number of hydrogen-bond acceptors (Lipinski definition) is 4. The van der Waals surface area contributed by atoms with Gasteiger partial charge >= 0.3 is 5.97 Å². The molecule has 5 nitrogen and oxygen atoms in total. The number of carbonyl (C=O) groups excluding carboxylic acids is 1. The normalized spacial score (nSPS) is 36.6. The maximum atomic E-state index is 12.8. The third-order valence-corrected chi connectivity index (χ3v) is 7.36. The average Bonchev–Trinajstić information content (AvgIpc) is 3.14. The fraction of sp³-hybridized carbons (Fsp3) is 0.476. The van der Waals surface area contributed by atoms with Crippen LogP contribution < -0.4 is 10.4 Å². The summed E-state index contributed by atoms with van der Waals surface area (Å²) in [4.78, 5) is 12.8. The molecule has 1 spiro atoms. The Balaban J connectivity index is 0.00000180. The van der Waals surface area contributed by atoms with E-state index in [4.69, 9.17) is 4.74 Å². The molecular formula is C21H25IN2O3. The van der Waals surface area contributed by atoms with Gasteiger partial charge in [-0.05, 0) is 24.1 Å². The number of carbonyl (C=O) groups is 1. The molecule has 5 rings (SSSR count). The Hall–Kier alpha value is -1.54. The van der Waals surface area contributed by atoms with Crippen LogP contribution in [0.15, 0.2) is 41.1 Å². The predicted molar refractivity (Wildman–Crippen MR) is 112 cm³/mol. The predicted octanol–water partition coefficient (Wildman–Crippen LogP) is 2.67. The highest BCUT2D eigenvalue weighted by atomic mass is 127. The van der Waals surface area contributed by atoms with Crippen LogP contribution in [-0.4, -0.2) is 43.7 Å². The number of benzene rings is 1. The minimum Gasteiger partial charge on any atom is -0.872 e. The van der Waals surface area contributed by atoms with Gasteiger partial charge in [-0.25, -0.2) is 4.79 Å². The lowest BCUT2D eigenvalue weighted by Crippen LogP contribution is -2.61. The number of allylic oxidation sites excluding steroid dienone is 1. The topological polar surface area (TPSA) is 61.4 Å². The van der Waals surface area contributed by atoms with Gasteiger partial charge < -0.3 is 19.6 Å². The van der Waals surface area contributed by atoms with Crippen molar-refractivity contribution < 1.29 is 19.1 Å². The summed E-state index contributed by atoms with van der Waals surface area (Å²) in [7, 11) is 3.79. The molecule has 1 aromatic carbocycles. The number of quaternary nitrogens is 1. The summed E-state index contributed by atoms with van der Waals surface area (Å²) in [6.07, 6.45) is 4.07. The van der Waals surface area contributed by atoms with Gasteiger partial charge in [-0.2, -0.15) is 0 Å². The van der Waals surface area contributed by atoms with Crippen LogP contribution in [0.25, 0.3) is 0 Å². The fourth-order valence-corrected chi connectivity index (χ4v) is 6.25. The number of anilines is 1. The number of nitrogens with one attached hydrogen (secondary N) is 1. The van der Waals surface area contributed by atoms with Gasteiger partial charge in [0.05, 0.1) is 31.7 Å². The summed E-state index contributed by atoms with van der Waals surface area (Å²) in [5.41, 5.74) is 4.89. The van der Waals surface area contributed by atoms with Crippen molar-refractivity contribution in [3.63, 3.8) is 0 Å². The van der Waals surface area contributed by atoms with Gasteiger partial charge in [0.2, 0.25) is 0 Å². The van der Waals surface area contributed by atoms with E-state index in [2.05, 4.69) is 25.4 Å². The lowest BCUT2D eigenvalue weighted by molar-refractivity contribution is -0.923. The largest absolute Gasteiger partial charge is 0.872 e. The van der Waals surface area contributed by atoms with Gasteiger partial charge in [0.15, 0.2) is 0 Å². The van der Waals surface area contributed by atoms with E-state index in [1.54, 1.807) is 12.1 Å². The van der Waals surface area contributed by atoms with E-state index in [1.165, 1.54) is 12.7 Å². The summed E-state index contributed by atoms with van der Waals surface area (Å²) >= 11 is 0. The molecule has 0 amide bonds. The molecular weight excluding hydrogens is 455 g/mol. The Morgan fingerprint density at radius 2 is 2.22 bits per heavy atom. The summed E-state index contributed by atoms with van der Waals surface area (Å²) in [5.74, 6) is -0.0970. The number of fused-ring (bicyclic) bond motifs is 2. The molecule has 4 atom stereocenters. The van der Waals surface area contributed by atoms with Gasteiger partial charge in [0.1, 0.15) is 12.6 Å². The van der Waals surface area contributed by atoms with Crippen LogP contribution in [0.1, 0.15) is 25.3 Å². The van der Waals surface area contributed by atoms with Gasteiger partial charge in [-0.3, -0.25) is 0 Å². The molecule has 0 saturated carbocycles. The molecule has 1 aliphatic carbocycles. The Morgan fingerprint density at radius 1 is 1.44 bits per heavy atom. The standard InChI is InChI=1S/C21H24N2O3.HI/c1-4-12-11-23(2)8-7-21-15-9-13(24)5-6-16(15)22-19(21)18(20(25)26-3)14(12)10-17(21)23;/h4-6,9,14,17H,7-8,10-11H2,1-3H3,(H-,22,24,25);1H/b12-4-;. The fourth-order valence-electron chi connectivity index (χ4n) is 6.25. The number of halogens is 1. The van der Waals surface area contributed by atoms with Crippen molar-refractivity contribution in [3.8, 4) is 5.75 Å². The zero-order valence-electron chi connectivity index (χ0n) is 15.9. The second kappa shape index (κ2) is 5.98. The van der Waals surface area contributed by atoms with Crippen molar-refractivity contribution in [3.05, 3.63) is 46.7 Å². The van der Waals surface area contributed by atoms with Crippen LogP contribution in [0, 0.1) is 5.92 Å². The molecule has 1 N–H and O–H groups in total. The summed E-state index contributed by atoms with van der Waals surface area (Å²) in [6.45, 7) is 4.09. The lowest BCUT2D eigenvalue weighted by atomic mass is 9.61. The van der Waals surface area contributed by atoms with Crippen LogP contribution in [0.5, 0.6) is 5.75 Å². The van der Waals surface area contributed by atoms with Crippen molar-refractivity contribution in [1.82, 2.24) is 0 Å². The first-order valence-corrected chi connectivity index (χ1v) is 9.35. The van der Waals surface area contributed by atoms with Crippen molar-refractivity contribution in [2.75, 3.05) is 32.6 Å². The molecule has 4 unspecified atom stereocenters. The van der Waals surface area contributed by atoms with Gasteiger partial charge in [0, 0.05) is 30.1 Å². The minimum atomic E-state index is -0.260. The molecule has 0 radical (unpaired) electrons. The van der Waals surface area contributed by atoms with Gasteiger partial charge in [0.25, 0.3) is 0 Å². The number of rotatable bonds is 1. The maximum Gasteiger partial charge on any atom is 0.336 e. The Kier molecular flexibility index (Phi) is 4.16. The Bertz CT molecular complexity index is 909. The number of likely N-dealkylation sites (N-methyl/N-ethyl adjacent to an activating group) is 1. The first-order chi connectivity index (χ1) is 12.4. The van der Waals surface area contributed by atoms with Crippen LogP contribution in [0.2, 0.25) is 0 Å². The van der Waals surface area contributed by atoms with Gasteiger partial charge in [-0.15, -0.1) is 29.7 Å². The molecule has 0 aromatic heterocycles. The van der Waals surface area contributed by atoms with E-state index in [9.17, 15) is 9.90 Å². The third kappa shape index (κ3) is 2.17. The SMILES string of the molecule is C/C=C1/C[N+]2(C)CCC34C(=C(C(=O)OC)C1CC32)Nc1ccc([O-])cc14.I. The van der Waals surface area contributed by atoms with Crippen molar-refractivity contribution in [1.29, 1.82) is 0 Å². The number of hydrogen-bond donors (Lipinski definition) is 1. The second-order valence-corrected chi connectivity index (χ2v) is 8.36. The molecule has 1 aromatic rings. The molecule has 2 saturated heterocycles. The smallest absolute Gasteiger partial charge is 0.336 e. The number of ether oxygens (including phenoxy) is 1. The van der Waals surface area contributed by atoms with Crippen molar-refractivity contribution in [2.24, 2.45) is 5.92 Å². The van der Waals surface area contributed by atoms with E-state index in [0.717, 1.165) is 52.9 Å². The van der Waals surface area contributed by atoms with Crippen LogP contribution in [0.4, 0.5) is 5.69 Å². The van der Waals surface area contributed by atoms with E-state index >= 15 is 0 Å². The number of methoxy groups -OCH3 is 1. The Morgan fingerprint density at radius 3 is 2.93 bits per heavy atom. The average molecular weight is 480 g/mol. The number of piperidine rings is 1. The quantitative estimate of drug-likeness (QED) is 0.291. The molecule has 6 heteroatoms. The zero-order chi connectivity index (χ0) is 18.3. The number of esters is 1. The number of nitrogens with zero attached hydrogens (tertiary/aromatic N) is 1. The highest BCUT2D eigenvalue weighted by molar-refractivity contribution is 14.0. The highest BCUT2D eigenvalue weighted by Crippen LogP contribution is 2.63. The van der Waals surface area contributed by atoms with E-state index in [-0.39, 0.29) is 47.0 Å². The van der Waals surface area contributed by atoms with E-state index in [0.29, 0.717) is 6.04 Å². The summed E-state index contributed by atoms with van der Waals surface area (Å²) in [6, 6.07) is 5.64. The summed E-state index contributed by atoms with van der Waals surface area (Å²) in [5, 5.41) is 15.7. The minimum absolute atomic E-state index is 0. The molecule has 144 valence electrons. The maximum absolute atomic E-state index is 12.8. The lowest BCUT2D eigenvalue weighted by Gasteiger charge is -2.51. The molecule has 3 heterocycles. The van der Waals surface area contributed by atoms with E-state index < -0.39 is 0 Å². The second-order valence-electron chi connectivity index (χ2n) is 8.36.